The van der Waals surface area contributed by atoms with Gasteiger partial charge in [-0.05, 0) is 38.6 Å². The van der Waals surface area contributed by atoms with Crippen molar-refractivity contribution in [1.29, 1.82) is 0 Å². The lowest BCUT2D eigenvalue weighted by Gasteiger charge is -2.26. The topological polar surface area (TPSA) is 12.0 Å². The minimum Gasteiger partial charge on any atom is -0.314 e. The summed E-state index contributed by atoms with van der Waals surface area (Å²) in [6.07, 6.45) is 1.42. The highest BCUT2D eigenvalue weighted by molar-refractivity contribution is 4.71. The van der Waals surface area contributed by atoms with Crippen molar-refractivity contribution in [3.63, 3.8) is 0 Å². The fourth-order valence-electron chi connectivity index (χ4n) is 2.03. The third-order valence-corrected chi connectivity index (χ3v) is 3.37. The molecule has 0 aromatic heterocycles. The van der Waals surface area contributed by atoms with Crippen LogP contribution in [0.1, 0.15) is 51.9 Å². The van der Waals surface area contributed by atoms with E-state index in [1.807, 2.05) is 6.92 Å². The third-order valence-electron chi connectivity index (χ3n) is 3.37. The molecule has 1 nitrogen and oxygen atoms in total. The molecule has 0 heterocycles. The Morgan fingerprint density at radius 1 is 1.31 bits per heavy atom. The average molecular weight is 237 g/mol. The molecule has 1 atom stereocenters. The molecular formula is C12H22F3N. The van der Waals surface area contributed by atoms with Crippen LogP contribution in [-0.2, 0) is 0 Å². The Morgan fingerprint density at radius 3 is 2.50 bits per heavy atom. The van der Waals surface area contributed by atoms with Gasteiger partial charge in [0.25, 0.3) is 0 Å². The molecule has 1 aliphatic carbocycles. The van der Waals surface area contributed by atoms with Gasteiger partial charge < -0.3 is 5.32 Å². The van der Waals surface area contributed by atoms with Crippen LogP contribution < -0.4 is 5.32 Å². The molecule has 4 heteroatoms. The second-order valence-electron chi connectivity index (χ2n) is 4.95. The standard InChI is InChI=1S/C12H22F3N/c1-10(4-3-8-12(13,14)15)16-9-7-11-5-2-6-11/h10-11,16H,2-9H2,1H3. The highest BCUT2D eigenvalue weighted by Gasteiger charge is 2.26. The molecule has 1 aliphatic rings. The first-order valence-electron chi connectivity index (χ1n) is 6.27. The van der Waals surface area contributed by atoms with Crippen molar-refractivity contribution >= 4 is 0 Å². The number of rotatable bonds is 7. The van der Waals surface area contributed by atoms with E-state index < -0.39 is 12.6 Å². The molecular weight excluding hydrogens is 215 g/mol. The SMILES string of the molecule is CC(CCCC(F)(F)F)NCCC1CCC1. The van der Waals surface area contributed by atoms with E-state index in [-0.39, 0.29) is 12.5 Å². The van der Waals surface area contributed by atoms with Crippen molar-refractivity contribution in [2.24, 2.45) is 5.92 Å². The summed E-state index contributed by atoms with van der Waals surface area (Å²) in [5.74, 6) is 0.870. The number of nitrogens with one attached hydrogen (secondary N) is 1. The summed E-state index contributed by atoms with van der Waals surface area (Å²) in [5.41, 5.74) is 0. The molecule has 1 saturated carbocycles. The summed E-state index contributed by atoms with van der Waals surface area (Å²) in [6, 6.07) is 0.211. The maximum absolute atomic E-state index is 11.9. The largest absolute Gasteiger partial charge is 0.389 e. The lowest BCUT2D eigenvalue weighted by Crippen LogP contribution is -2.29. The van der Waals surface area contributed by atoms with Gasteiger partial charge >= 0.3 is 6.18 Å². The second-order valence-corrected chi connectivity index (χ2v) is 4.95. The van der Waals surface area contributed by atoms with Crippen molar-refractivity contribution in [2.45, 2.75) is 64.1 Å². The minimum absolute atomic E-state index is 0.211. The van der Waals surface area contributed by atoms with Crippen LogP contribution in [0.15, 0.2) is 0 Å². The Hall–Kier alpha value is -0.250. The zero-order valence-electron chi connectivity index (χ0n) is 9.95. The van der Waals surface area contributed by atoms with Crippen molar-refractivity contribution in [1.82, 2.24) is 5.32 Å². The van der Waals surface area contributed by atoms with E-state index in [0.717, 1.165) is 12.5 Å². The Morgan fingerprint density at radius 2 is 2.00 bits per heavy atom. The highest BCUT2D eigenvalue weighted by atomic mass is 19.4. The Balaban J connectivity index is 1.91. The predicted molar refractivity (Wildman–Crippen MR) is 59.3 cm³/mol. The molecule has 0 bridgehead atoms. The maximum atomic E-state index is 11.9. The van der Waals surface area contributed by atoms with Gasteiger partial charge in [0, 0.05) is 12.5 Å². The van der Waals surface area contributed by atoms with Crippen molar-refractivity contribution in [3.05, 3.63) is 0 Å². The molecule has 0 amide bonds. The van der Waals surface area contributed by atoms with Crippen LogP contribution in [0, 0.1) is 5.92 Å². The number of alkyl halides is 3. The zero-order valence-corrected chi connectivity index (χ0v) is 9.95. The first-order chi connectivity index (χ1) is 7.47. The first-order valence-corrected chi connectivity index (χ1v) is 6.27. The van der Waals surface area contributed by atoms with Gasteiger partial charge in [0.1, 0.15) is 0 Å². The molecule has 1 rings (SSSR count). The third kappa shape index (κ3) is 6.36. The van der Waals surface area contributed by atoms with E-state index in [9.17, 15) is 13.2 Å². The molecule has 0 saturated heterocycles. The van der Waals surface area contributed by atoms with Crippen LogP contribution in [0.5, 0.6) is 0 Å². The number of hydrogen-bond acceptors (Lipinski definition) is 1. The molecule has 0 spiro atoms. The molecule has 0 radical (unpaired) electrons. The fourth-order valence-corrected chi connectivity index (χ4v) is 2.03. The Kier molecular flexibility index (Phi) is 5.59. The molecule has 0 aromatic carbocycles. The van der Waals surface area contributed by atoms with Crippen LogP contribution in [0.4, 0.5) is 13.2 Å². The van der Waals surface area contributed by atoms with E-state index in [0.29, 0.717) is 6.42 Å². The lowest BCUT2D eigenvalue weighted by molar-refractivity contribution is -0.135. The van der Waals surface area contributed by atoms with Crippen LogP contribution in [0.25, 0.3) is 0 Å². The molecule has 1 N–H and O–H groups in total. The van der Waals surface area contributed by atoms with Gasteiger partial charge in [0.2, 0.25) is 0 Å². The van der Waals surface area contributed by atoms with Crippen molar-refractivity contribution < 1.29 is 13.2 Å². The van der Waals surface area contributed by atoms with E-state index in [1.165, 1.54) is 25.7 Å². The van der Waals surface area contributed by atoms with E-state index in [1.54, 1.807) is 0 Å². The highest BCUT2D eigenvalue weighted by Crippen LogP contribution is 2.28. The Bertz CT molecular complexity index is 187. The Labute approximate surface area is 95.8 Å². The average Bonchev–Trinajstić information content (AvgIpc) is 2.07. The monoisotopic (exact) mass is 237 g/mol. The molecule has 1 unspecified atom stereocenters. The minimum atomic E-state index is -3.99. The predicted octanol–water partition coefficient (Wildman–Crippen LogP) is 3.89. The van der Waals surface area contributed by atoms with Gasteiger partial charge in [-0.25, -0.2) is 0 Å². The quantitative estimate of drug-likeness (QED) is 0.708. The summed E-state index contributed by atoms with van der Waals surface area (Å²) in [7, 11) is 0. The molecule has 0 aromatic rings. The van der Waals surface area contributed by atoms with E-state index in [4.69, 9.17) is 0 Å². The molecule has 96 valence electrons. The summed E-state index contributed by atoms with van der Waals surface area (Å²) in [4.78, 5) is 0. The molecule has 1 fully saturated rings. The first kappa shape index (κ1) is 13.8. The maximum Gasteiger partial charge on any atom is 0.389 e. The van der Waals surface area contributed by atoms with E-state index >= 15 is 0 Å². The summed E-state index contributed by atoms with van der Waals surface area (Å²) in [5, 5.41) is 3.30. The van der Waals surface area contributed by atoms with Crippen molar-refractivity contribution in [2.75, 3.05) is 6.54 Å². The van der Waals surface area contributed by atoms with E-state index in [2.05, 4.69) is 5.32 Å². The smallest absolute Gasteiger partial charge is 0.314 e. The summed E-state index contributed by atoms with van der Waals surface area (Å²) >= 11 is 0. The van der Waals surface area contributed by atoms with Crippen LogP contribution in [-0.4, -0.2) is 18.8 Å². The normalized spacial score (nSPS) is 19.5. The van der Waals surface area contributed by atoms with Gasteiger partial charge in [-0.2, -0.15) is 13.2 Å². The number of hydrogen-bond donors (Lipinski definition) is 1. The van der Waals surface area contributed by atoms with Crippen LogP contribution in [0.3, 0.4) is 0 Å². The second kappa shape index (κ2) is 6.48. The fraction of sp³-hybridized carbons (Fsp3) is 1.00. The van der Waals surface area contributed by atoms with Gasteiger partial charge in [0.15, 0.2) is 0 Å². The number of halogens is 3. The molecule has 0 aliphatic heterocycles. The van der Waals surface area contributed by atoms with Gasteiger partial charge in [-0.3, -0.25) is 0 Å². The van der Waals surface area contributed by atoms with Crippen LogP contribution in [0.2, 0.25) is 0 Å². The molecule has 16 heavy (non-hydrogen) atoms. The van der Waals surface area contributed by atoms with Gasteiger partial charge in [-0.15, -0.1) is 0 Å². The van der Waals surface area contributed by atoms with Gasteiger partial charge in [-0.1, -0.05) is 19.3 Å². The lowest BCUT2D eigenvalue weighted by atomic mass is 9.83. The van der Waals surface area contributed by atoms with Crippen LogP contribution >= 0.6 is 0 Å². The van der Waals surface area contributed by atoms with Crippen molar-refractivity contribution in [3.8, 4) is 0 Å². The summed E-state index contributed by atoms with van der Waals surface area (Å²) in [6.45, 7) is 2.93. The zero-order chi connectivity index (χ0) is 12.0. The summed E-state index contributed by atoms with van der Waals surface area (Å²) < 4.78 is 35.7. The van der Waals surface area contributed by atoms with Gasteiger partial charge in [0.05, 0.1) is 0 Å².